The maximum absolute atomic E-state index is 10.6. The van der Waals surface area contributed by atoms with Crippen LogP contribution in [0, 0.1) is 10.1 Å². The van der Waals surface area contributed by atoms with E-state index in [1.54, 1.807) is 7.11 Å². The summed E-state index contributed by atoms with van der Waals surface area (Å²) >= 11 is 0. The van der Waals surface area contributed by atoms with Gasteiger partial charge in [0, 0.05) is 12.1 Å². The van der Waals surface area contributed by atoms with Gasteiger partial charge in [-0.3, -0.25) is 15.2 Å². The van der Waals surface area contributed by atoms with E-state index in [1.807, 2.05) is 24.3 Å². The number of benzene rings is 2. The lowest BCUT2D eigenvalue weighted by Gasteiger charge is -2.09. The lowest BCUT2D eigenvalue weighted by Crippen LogP contribution is -2.13. The molecule has 2 aromatic carbocycles. The number of nitro benzene ring substituents is 1. The molecule has 0 saturated heterocycles. The molecule has 9 nitrogen and oxygen atoms in total. The first kappa shape index (κ1) is 17.4. The summed E-state index contributed by atoms with van der Waals surface area (Å²) in [5.41, 5.74) is 7.03. The van der Waals surface area contributed by atoms with Gasteiger partial charge in [-0.15, -0.1) is 0 Å². The molecule has 1 atom stereocenters. The Morgan fingerprint density at radius 1 is 1.23 bits per heavy atom. The highest BCUT2D eigenvalue weighted by Crippen LogP contribution is 2.21. The first-order chi connectivity index (χ1) is 12.6. The summed E-state index contributed by atoms with van der Waals surface area (Å²) in [7, 11) is 1.59. The molecule has 1 aromatic heterocycles. The van der Waals surface area contributed by atoms with Crippen LogP contribution in [0.1, 0.15) is 23.3 Å². The molecule has 26 heavy (non-hydrogen) atoms. The highest BCUT2D eigenvalue weighted by molar-refractivity contribution is 5.36. The SMILES string of the molecule is COc1cccc([C@@H](N)c2n[nH]c(COc3ccc([N+](=O)[O-])cc3)n2)c1. The summed E-state index contributed by atoms with van der Waals surface area (Å²) in [6, 6.07) is 12.7. The van der Waals surface area contributed by atoms with Gasteiger partial charge in [-0.05, 0) is 29.8 Å². The Hall–Kier alpha value is -3.46. The molecule has 1 heterocycles. The number of aromatic amines is 1. The van der Waals surface area contributed by atoms with Crippen LogP contribution >= 0.6 is 0 Å². The minimum absolute atomic E-state index is 0.00330. The monoisotopic (exact) mass is 355 g/mol. The number of methoxy groups -OCH3 is 1. The van der Waals surface area contributed by atoms with Gasteiger partial charge in [0.05, 0.1) is 18.1 Å². The van der Waals surface area contributed by atoms with E-state index in [1.165, 1.54) is 24.3 Å². The van der Waals surface area contributed by atoms with Crippen molar-refractivity contribution in [3.63, 3.8) is 0 Å². The van der Waals surface area contributed by atoms with Crippen LogP contribution in [0.3, 0.4) is 0 Å². The molecule has 0 aliphatic rings. The van der Waals surface area contributed by atoms with E-state index in [2.05, 4.69) is 15.2 Å². The normalized spacial score (nSPS) is 11.8. The van der Waals surface area contributed by atoms with Gasteiger partial charge in [0.25, 0.3) is 5.69 Å². The van der Waals surface area contributed by atoms with Gasteiger partial charge in [0.2, 0.25) is 0 Å². The third-order valence-corrected chi connectivity index (χ3v) is 3.70. The Morgan fingerprint density at radius 3 is 2.69 bits per heavy atom. The highest BCUT2D eigenvalue weighted by atomic mass is 16.6. The van der Waals surface area contributed by atoms with Crippen molar-refractivity contribution in [2.24, 2.45) is 5.73 Å². The Labute approximate surface area is 148 Å². The standard InChI is InChI=1S/C17H17N5O4/c1-25-14-4-2-3-11(9-14)16(18)17-19-15(20-21-17)10-26-13-7-5-12(6-8-13)22(23)24/h2-9,16H,10,18H2,1H3,(H,19,20,21)/t16-/m1/s1. The molecular weight excluding hydrogens is 338 g/mol. The zero-order valence-corrected chi connectivity index (χ0v) is 14.0. The second-order valence-corrected chi connectivity index (χ2v) is 5.43. The number of non-ortho nitro benzene ring substituents is 1. The Bertz CT molecular complexity index is 894. The first-order valence-electron chi connectivity index (χ1n) is 7.75. The molecule has 0 radical (unpaired) electrons. The van der Waals surface area contributed by atoms with E-state index in [-0.39, 0.29) is 12.3 Å². The Balaban J connectivity index is 1.64. The molecule has 0 spiro atoms. The molecule has 3 N–H and O–H groups in total. The minimum atomic E-state index is -0.505. The van der Waals surface area contributed by atoms with E-state index in [0.29, 0.717) is 23.1 Å². The van der Waals surface area contributed by atoms with Gasteiger partial charge >= 0.3 is 0 Å². The predicted octanol–water partition coefficient (Wildman–Crippen LogP) is 2.35. The number of nitrogens with zero attached hydrogens (tertiary/aromatic N) is 3. The maximum atomic E-state index is 10.6. The van der Waals surface area contributed by atoms with E-state index >= 15 is 0 Å². The lowest BCUT2D eigenvalue weighted by molar-refractivity contribution is -0.384. The van der Waals surface area contributed by atoms with Crippen molar-refractivity contribution < 1.29 is 14.4 Å². The van der Waals surface area contributed by atoms with E-state index < -0.39 is 11.0 Å². The number of rotatable bonds is 7. The molecule has 0 fully saturated rings. The molecule has 0 aliphatic carbocycles. The lowest BCUT2D eigenvalue weighted by atomic mass is 10.1. The van der Waals surface area contributed by atoms with Crippen LogP contribution < -0.4 is 15.2 Å². The molecule has 3 aromatic rings. The van der Waals surface area contributed by atoms with Crippen LogP contribution in [0.15, 0.2) is 48.5 Å². The first-order valence-corrected chi connectivity index (χ1v) is 7.75. The third kappa shape index (κ3) is 3.95. The zero-order chi connectivity index (χ0) is 18.5. The summed E-state index contributed by atoms with van der Waals surface area (Å²) in [6.07, 6.45) is 0. The molecule has 0 amide bonds. The molecule has 0 aliphatic heterocycles. The smallest absolute Gasteiger partial charge is 0.269 e. The second-order valence-electron chi connectivity index (χ2n) is 5.43. The summed E-state index contributed by atoms with van der Waals surface area (Å²) in [5.74, 6) is 2.12. The van der Waals surface area contributed by atoms with Crippen LogP contribution in [0.25, 0.3) is 0 Å². The fourth-order valence-corrected chi connectivity index (χ4v) is 2.31. The molecular formula is C17H17N5O4. The quantitative estimate of drug-likeness (QED) is 0.491. The number of nitrogens with two attached hydrogens (primary N) is 1. The molecule has 3 rings (SSSR count). The highest BCUT2D eigenvalue weighted by Gasteiger charge is 2.15. The zero-order valence-electron chi connectivity index (χ0n) is 14.0. The van der Waals surface area contributed by atoms with Gasteiger partial charge < -0.3 is 15.2 Å². The second kappa shape index (κ2) is 7.62. The largest absolute Gasteiger partial charge is 0.497 e. The summed E-state index contributed by atoms with van der Waals surface area (Å²) < 4.78 is 10.7. The average molecular weight is 355 g/mol. The van der Waals surface area contributed by atoms with E-state index in [9.17, 15) is 10.1 Å². The number of H-pyrrole nitrogens is 1. The number of aromatic nitrogens is 3. The van der Waals surface area contributed by atoms with Crippen LogP contribution in [0.5, 0.6) is 11.5 Å². The van der Waals surface area contributed by atoms with Crippen LogP contribution in [0.2, 0.25) is 0 Å². The Morgan fingerprint density at radius 2 is 2.00 bits per heavy atom. The minimum Gasteiger partial charge on any atom is -0.497 e. The van der Waals surface area contributed by atoms with E-state index in [4.69, 9.17) is 15.2 Å². The van der Waals surface area contributed by atoms with Crippen LogP contribution in [-0.4, -0.2) is 27.2 Å². The van der Waals surface area contributed by atoms with Gasteiger partial charge in [0.1, 0.15) is 18.1 Å². The van der Waals surface area contributed by atoms with Crippen LogP contribution in [0.4, 0.5) is 5.69 Å². The third-order valence-electron chi connectivity index (χ3n) is 3.70. The van der Waals surface area contributed by atoms with Gasteiger partial charge in [-0.1, -0.05) is 12.1 Å². The van der Waals surface area contributed by atoms with Gasteiger partial charge in [-0.2, -0.15) is 5.10 Å². The van der Waals surface area contributed by atoms with Gasteiger partial charge in [-0.25, -0.2) is 4.98 Å². The summed E-state index contributed by atoms with van der Waals surface area (Å²) in [4.78, 5) is 14.5. The summed E-state index contributed by atoms with van der Waals surface area (Å²) in [5, 5.41) is 17.5. The number of hydrogen-bond donors (Lipinski definition) is 2. The van der Waals surface area contributed by atoms with Crippen molar-refractivity contribution in [2.75, 3.05) is 7.11 Å². The topological polar surface area (TPSA) is 129 Å². The molecule has 0 saturated carbocycles. The van der Waals surface area contributed by atoms with Crippen molar-refractivity contribution in [1.82, 2.24) is 15.2 Å². The molecule has 0 bridgehead atoms. The molecule has 0 unspecified atom stereocenters. The van der Waals surface area contributed by atoms with Crippen molar-refractivity contribution in [3.05, 3.63) is 75.9 Å². The number of hydrogen-bond acceptors (Lipinski definition) is 7. The fourth-order valence-electron chi connectivity index (χ4n) is 2.31. The van der Waals surface area contributed by atoms with Crippen molar-refractivity contribution in [2.45, 2.75) is 12.6 Å². The predicted molar refractivity (Wildman–Crippen MR) is 92.8 cm³/mol. The van der Waals surface area contributed by atoms with Crippen LogP contribution in [-0.2, 0) is 6.61 Å². The number of nitrogens with one attached hydrogen (secondary N) is 1. The summed E-state index contributed by atoms with van der Waals surface area (Å²) in [6.45, 7) is 0.135. The number of ether oxygens (including phenoxy) is 2. The van der Waals surface area contributed by atoms with Crippen molar-refractivity contribution in [3.8, 4) is 11.5 Å². The van der Waals surface area contributed by atoms with E-state index in [0.717, 1.165) is 5.56 Å². The molecule has 134 valence electrons. The fraction of sp³-hybridized carbons (Fsp3) is 0.176. The molecule has 9 heteroatoms. The Kier molecular flexibility index (Phi) is 5.09. The van der Waals surface area contributed by atoms with Crippen molar-refractivity contribution in [1.29, 1.82) is 0 Å². The number of nitro groups is 1. The maximum Gasteiger partial charge on any atom is 0.269 e. The van der Waals surface area contributed by atoms with Gasteiger partial charge in [0.15, 0.2) is 11.6 Å². The van der Waals surface area contributed by atoms with Crippen molar-refractivity contribution >= 4 is 5.69 Å². The average Bonchev–Trinajstić information content (AvgIpc) is 3.15.